The Kier molecular flexibility index (Phi) is 4.90. The van der Waals surface area contributed by atoms with Gasteiger partial charge in [0.1, 0.15) is 27.7 Å². The number of hydrogen-bond acceptors (Lipinski definition) is 8. The maximum absolute atomic E-state index is 11.7. The standard InChI is InChI=1S/C19H17N5O3S/c1-11(18-22-7-8-28-18)23-19-24-14-4-3-12(10-16(14)27-19)26-13-5-6-21-15(9-13)17(25)20-2/h3-11H,1-2H3,(H,20,25)(H,23,24). The number of anilines is 1. The number of benzene rings is 1. The summed E-state index contributed by atoms with van der Waals surface area (Å²) in [4.78, 5) is 24.5. The van der Waals surface area contributed by atoms with E-state index in [0.29, 0.717) is 28.6 Å². The summed E-state index contributed by atoms with van der Waals surface area (Å²) in [7, 11) is 1.55. The fraction of sp³-hybridized carbons (Fsp3) is 0.158. The molecule has 1 unspecified atom stereocenters. The van der Waals surface area contributed by atoms with Crippen LogP contribution in [0.5, 0.6) is 11.5 Å². The summed E-state index contributed by atoms with van der Waals surface area (Å²) < 4.78 is 11.6. The third-order valence-electron chi connectivity index (χ3n) is 3.95. The average Bonchev–Trinajstić information content (AvgIpc) is 3.37. The minimum atomic E-state index is -0.277. The van der Waals surface area contributed by atoms with Crippen molar-refractivity contribution in [2.45, 2.75) is 13.0 Å². The number of thiazole rings is 1. The number of ether oxygens (including phenoxy) is 1. The highest BCUT2D eigenvalue weighted by atomic mass is 32.1. The molecule has 0 spiro atoms. The van der Waals surface area contributed by atoms with Gasteiger partial charge in [-0.05, 0) is 25.1 Å². The van der Waals surface area contributed by atoms with Gasteiger partial charge in [-0.1, -0.05) is 0 Å². The van der Waals surface area contributed by atoms with Crippen LogP contribution in [0.25, 0.3) is 11.1 Å². The number of fused-ring (bicyclic) bond motifs is 1. The summed E-state index contributed by atoms with van der Waals surface area (Å²) in [5.41, 5.74) is 1.58. The number of carbonyl (C=O) groups excluding carboxylic acids is 1. The zero-order valence-electron chi connectivity index (χ0n) is 15.2. The Hall–Kier alpha value is -3.46. The van der Waals surface area contributed by atoms with Crippen molar-refractivity contribution in [3.05, 3.63) is 58.8 Å². The van der Waals surface area contributed by atoms with E-state index in [-0.39, 0.29) is 17.6 Å². The second-order valence-corrected chi connectivity index (χ2v) is 6.87. The van der Waals surface area contributed by atoms with Crippen LogP contribution in [0.4, 0.5) is 6.01 Å². The number of hydrogen-bond donors (Lipinski definition) is 2. The van der Waals surface area contributed by atoms with Crippen molar-refractivity contribution >= 4 is 34.4 Å². The molecule has 1 aromatic carbocycles. The molecule has 4 aromatic rings. The van der Waals surface area contributed by atoms with Gasteiger partial charge in [0.2, 0.25) is 0 Å². The van der Waals surface area contributed by atoms with Crippen LogP contribution in [0.15, 0.2) is 52.5 Å². The molecule has 0 saturated heterocycles. The Morgan fingerprint density at radius 1 is 1.18 bits per heavy atom. The molecule has 3 aromatic heterocycles. The molecule has 28 heavy (non-hydrogen) atoms. The van der Waals surface area contributed by atoms with E-state index in [1.54, 1.807) is 48.8 Å². The first kappa shape index (κ1) is 17.9. The van der Waals surface area contributed by atoms with Gasteiger partial charge in [0.15, 0.2) is 5.58 Å². The maximum Gasteiger partial charge on any atom is 0.296 e. The van der Waals surface area contributed by atoms with E-state index in [2.05, 4.69) is 25.6 Å². The zero-order chi connectivity index (χ0) is 19.5. The van der Waals surface area contributed by atoms with Gasteiger partial charge in [0.25, 0.3) is 11.9 Å². The molecule has 0 radical (unpaired) electrons. The fourth-order valence-corrected chi connectivity index (χ4v) is 3.23. The normalized spacial score (nSPS) is 11.9. The molecular weight excluding hydrogens is 378 g/mol. The quantitative estimate of drug-likeness (QED) is 0.509. The molecule has 0 aliphatic rings. The molecule has 9 heteroatoms. The molecule has 0 saturated carbocycles. The summed E-state index contributed by atoms with van der Waals surface area (Å²) >= 11 is 1.57. The lowest BCUT2D eigenvalue weighted by Gasteiger charge is -2.07. The minimum absolute atomic E-state index is 0.0104. The Morgan fingerprint density at radius 3 is 2.82 bits per heavy atom. The van der Waals surface area contributed by atoms with E-state index >= 15 is 0 Å². The van der Waals surface area contributed by atoms with Crippen molar-refractivity contribution in [1.82, 2.24) is 20.3 Å². The lowest BCUT2D eigenvalue weighted by atomic mass is 10.3. The Morgan fingerprint density at radius 2 is 2.04 bits per heavy atom. The molecule has 142 valence electrons. The molecule has 1 atom stereocenters. The molecule has 3 heterocycles. The number of nitrogens with one attached hydrogen (secondary N) is 2. The first-order chi connectivity index (χ1) is 13.6. The van der Waals surface area contributed by atoms with E-state index < -0.39 is 0 Å². The van der Waals surface area contributed by atoms with Crippen LogP contribution in [0, 0.1) is 0 Å². The molecule has 8 nitrogen and oxygen atoms in total. The topological polar surface area (TPSA) is 102 Å². The largest absolute Gasteiger partial charge is 0.457 e. The minimum Gasteiger partial charge on any atom is -0.457 e. The van der Waals surface area contributed by atoms with Gasteiger partial charge >= 0.3 is 0 Å². The van der Waals surface area contributed by atoms with Crippen molar-refractivity contribution in [2.75, 3.05) is 12.4 Å². The molecule has 0 fully saturated rings. The van der Waals surface area contributed by atoms with Crippen LogP contribution in [0.1, 0.15) is 28.5 Å². The second kappa shape index (κ2) is 7.65. The first-order valence-corrected chi connectivity index (χ1v) is 9.43. The van der Waals surface area contributed by atoms with Gasteiger partial charge in [-0.15, -0.1) is 11.3 Å². The third kappa shape index (κ3) is 3.79. The van der Waals surface area contributed by atoms with Crippen LogP contribution < -0.4 is 15.4 Å². The third-order valence-corrected chi connectivity index (χ3v) is 4.91. The van der Waals surface area contributed by atoms with Crippen LogP contribution in [0.2, 0.25) is 0 Å². The number of aromatic nitrogens is 3. The first-order valence-electron chi connectivity index (χ1n) is 8.55. The van der Waals surface area contributed by atoms with Crippen LogP contribution >= 0.6 is 11.3 Å². The second-order valence-electron chi connectivity index (χ2n) is 5.94. The monoisotopic (exact) mass is 395 g/mol. The van der Waals surface area contributed by atoms with Crippen LogP contribution in [-0.4, -0.2) is 27.9 Å². The van der Waals surface area contributed by atoms with Gasteiger partial charge in [-0.2, -0.15) is 4.98 Å². The van der Waals surface area contributed by atoms with Gasteiger partial charge in [-0.25, -0.2) is 4.98 Å². The number of nitrogens with zero attached hydrogens (tertiary/aromatic N) is 3. The predicted octanol–water partition coefficient (Wildman–Crippen LogP) is 4.00. The molecular formula is C19H17N5O3S. The van der Waals surface area contributed by atoms with Crippen LogP contribution in [-0.2, 0) is 0 Å². The summed E-state index contributed by atoms with van der Waals surface area (Å²) in [6, 6.07) is 9.02. The summed E-state index contributed by atoms with van der Waals surface area (Å²) in [6.07, 6.45) is 3.29. The van der Waals surface area contributed by atoms with Gasteiger partial charge in [0.05, 0.1) is 6.04 Å². The van der Waals surface area contributed by atoms with E-state index in [0.717, 1.165) is 5.01 Å². The molecule has 0 bridgehead atoms. The number of rotatable bonds is 6. The summed E-state index contributed by atoms with van der Waals surface area (Å²) in [5.74, 6) is 0.793. The van der Waals surface area contributed by atoms with Crippen molar-refractivity contribution in [3.63, 3.8) is 0 Å². The highest BCUT2D eigenvalue weighted by molar-refractivity contribution is 7.09. The molecule has 0 aliphatic carbocycles. The smallest absolute Gasteiger partial charge is 0.296 e. The molecule has 4 rings (SSSR count). The molecule has 0 aliphatic heterocycles. The Labute approximate surface area is 164 Å². The number of amides is 1. The van der Waals surface area contributed by atoms with Gasteiger partial charge < -0.3 is 19.8 Å². The van der Waals surface area contributed by atoms with Crippen LogP contribution in [0.3, 0.4) is 0 Å². The Balaban J connectivity index is 1.53. The highest BCUT2D eigenvalue weighted by Gasteiger charge is 2.13. The van der Waals surface area contributed by atoms with Crippen molar-refractivity contribution in [2.24, 2.45) is 0 Å². The fourth-order valence-electron chi connectivity index (χ4n) is 2.59. The number of oxazole rings is 1. The molecule has 2 N–H and O–H groups in total. The zero-order valence-corrected chi connectivity index (χ0v) is 16.0. The van der Waals surface area contributed by atoms with E-state index in [9.17, 15) is 4.79 Å². The van der Waals surface area contributed by atoms with Gasteiger partial charge in [0, 0.05) is 37.0 Å². The predicted molar refractivity (Wildman–Crippen MR) is 106 cm³/mol. The van der Waals surface area contributed by atoms with Crippen molar-refractivity contribution in [3.8, 4) is 11.5 Å². The lowest BCUT2D eigenvalue weighted by Crippen LogP contribution is -2.18. The lowest BCUT2D eigenvalue weighted by molar-refractivity contribution is 0.0958. The van der Waals surface area contributed by atoms with E-state index in [4.69, 9.17) is 9.15 Å². The Bertz CT molecular complexity index is 1110. The highest BCUT2D eigenvalue weighted by Crippen LogP contribution is 2.29. The number of pyridine rings is 1. The van der Waals surface area contributed by atoms with Gasteiger partial charge in [-0.3, -0.25) is 9.78 Å². The average molecular weight is 395 g/mol. The van der Waals surface area contributed by atoms with E-state index in [1.165, 1.54) is 6.20 Å². The SMILES string of the molecule is CNC(=O)c1cc(Oc2ccc3nc(NC(C)c4nccs4)oc3c2)ccn1. The van der Waals surface area contributed by atoms with Crippen molar-refractivity contribution < 1.29 is 13.9 Å². The van der Waals surface area contributed by atoms with E-state index in [1.807, 2.05) is 18.4 Å². The maximum atomic E-state index is 11.7. The molecule has 1 amide bonds. The van der Waals surface area contributed by atoms with Crippen molar-refractivity contribution in [1.29, 1.82) is 0 Å². The summed E-state index contributed by atoms with van der Waals surface area (Å²) in [6.45, 7) is 2.00. The number of carbonyl (C=O) groups is 1. The summed E-state index contributed by atoms with van der Waals surface area (Å²) in [5, 5.41) is 8.62.